The number of carbonyl (C=O) groups excluding carboxylic acids is 2. The van der Waals surface area contributed by atoms with Gasteiger partial charge in [-0.2, -0.15) is 0 Å². The molecule has 1 aromatic heterocycles. The van der Waals surface area contributed by atoms with Crippen LogP contribution in [0.4, 0.5) is 4.39 Å². The Morgan fingerprint density at radius 1 is 1.02 bits per heavy atom. The lowest BCUT2D eigenvalue weighted by molar-refractivity contribution is -0.144. The van der Waals surface area contributed by atoms with Crippen LogP contribution in [0.25, 0.3) is 17.2 Å². The topological polar surface area (TPSA) is 91.3 Å². The van der Waals surface area contributed by atoms with Crippen LogP contribution in [0.5, 0.6) is 17.2 Å². The van der Waals surface area contributed by atoms with Crippen molar-refractivity contribution in [3.8, 4) is 17.2 Å². The van der Waals surface area contributed by atoms with Gasteiger partial charge in [-0.15, -0.1) is 0 Å². The molecule has 0 spiro atoms. The Morgan fingerprint density at radius 2 is 1.75 bits per heavy atom. The smallest absolute Gasteiger partial charge is 0.309 e. The van der Waals surface area contributed by atoms with Gasteiger partial charge in [0.15, 0.2) is 11.5 Å². The van der Waals surface area contributed by atoms with Crippen LogP contribution >= 0.6 is 0 Å². The van der Waals surface area contributed by atoms with E-state index in [4.69, 9.17) is 18.9 Å². The Labute approximate surface area is 257 Å². The third-order valence-electron chi connectivity index (χ3n) is 7.46. The third kappa shape index (κ3) is 7.87. The maximum absolute atomic E-state index is 14.4. The molecule has 0 saturated heterocycles. The summed E-state index contributed by atoms with van der Waals surface area (Å²) >= 11 is 0. The summed E-state index contributed by atoms with van der Waals surface area (Å²) in [5.41, 5.74) is 5.78. The van der Waals surface area contributed by atoms with Crippen molar-refractivity contribution in [2.24, 2.45) is 7.05 Å². The molecule has 0 unspecified atom stereocenters. The van der Waals surface area contributed by atoms with Gasteiger partial charge in [-0.1, -0.05) is 6.07 Å². The fourth-order valence-electron chi connectivity index (χ4n) is 5.02. The Kier molecular flexibility index (Phi) is 10.8. The second-order valence-electron chi connectivity index (χ2n) is 10.8. The number of aromatic nitrogens is 1. The van der Waals surface area contributed by atoms with E-state index in [1.807, 2.05) is 61.9 Å². The standard InChI is InChI=1S/C34H40FN3O6/c1-22-27(26-10-9-24(35)19-29(26)28(22)20-32(39)36-21-25-8-7-12-38(25)4)16-23-17-30(41-5)34(31(18-23)42-6)44-14-11-33(40)43-15-13-37(2)3/h7-10,12,16-19H,11,13-15,20-21H2,1-6H3,(H,36,39)/b27-16-. The Balaban J connectivity index is 1.56. The fraction of sp³-hybridized carbons (Fsp3) is 0.353. The minimum Gasteiger partial charge on any atom is -0.493 e. The molecule has 0 aliphatic heterocycles. The van der Waals surface area contributed by atoms with Gasteiger partial charge in [-0.25, -0.2) is 4.39 Å². The molecule has 0 fully saturated rings. The minimum atomic E-state index is -0.370. The average Bonchev–Trinajstić information content (AvgIpc) is 3.51. The summed E-state index contributed by atoms with van der Waals surface area (Å²) in [6, 6.07) is 12.1. The summed E-state index contributed by atoms with van der Waals surface area (Å²) in [7, 11) is 8.79. The molecule has 4 rings (SSSR count). The van der Waals surface area contributed by atoms with Gasteiger partial charge in [0.05, 0.1) is 40.2 Å². The first-order valence-electron chi connectivity index (χ1n) is 14.4. The molecule has 1 N–H and O–H groups in total. The number of benzene rings is 2. The summed E-state index contributed by atoms with van der Waals surface area (Å²) in [4.78, 5) is 27.0. The number of ether oxygens (including phenoxy) is 4. The number of halogens is 1. The van der Waals surface area contributed by atoms with Crippen LogP contribution in [-0.4, -0.2) is 69.4 Å². The molecule has 1 aliphatic carbocycles. The zero-order chi connectivity index (χ0) is 31.8. The maximum atomic E-state index is 14.4. The van der Waals surface area contributed by atoms with Gasteiger partial charge in [0, 0.05) is 25.5 Å². The van der Waals surface area contributed by atoms with Crippen molar-refractivity contribution in [1.29, 1.82) is 0 Å². The van der Waals surface area contributed by atoms with Gasteiger partial charge < -0.3 is 33.7 Å². The number of allylic oxidation sites excluding steroid dienone is 2. The van der Waals surface area contributed by atoms with Gasteiger partial charge in [0.2, 0.25) is 11.7 Å². The van der Waals surface area contributed by atoms with Gasteiger partial charge in [-0.3, -0.25) is 9.59 Å². The van der Waals surface area contributed by atoms with E-state index < -0.39 is 0 Å². The Morgan fingerprint density at radius 3 is 2.39 bits per heavy atom. The summed E-state index contributed by atoms with van der Waals surface area (Å²) in [5, 5.41) is 2.97. The highest BCUT2D eigenvalue weighted by atomic mass is 19.1. The largest absolute Gasteiger partial charge is 0.493 e. The van der Waals surface area contributed by atoms with Crippen LogP contribution in [0.1, 0.15) is 42.1 Å². The number of rotatable bonds is 14. The normalized spacial score (nSPS) is 13.3. The highest BCUT2D eigenvalue weighted by Gasteiger charge is 2.26. The predicted molar refractivity (Wildman–Crippen MR) is 168 cm³/mol. The number of nitrogens with zero attached hydrogens (tertiary/aromatic N) is 2. The Bertz CT molecular complexity index is 1550. The lowest BCUT2D eigenvalue weighted by atomic mass is 10.00. The van der Waals surface area contributed by atoms with Crippen molar-refractivity contribution >= 4 is 29.1 Å². The van der Waals surface area contributed by atoms with Crippen molar-refractivity contribution in [2.75, 3.05) is 48.1 Å². The molecule has 0 atom stereocenters. The molecule has 1 aliphatic rings. The molecule has 44 heavy (non-hydrogen) atoms. The van der Waals surface area contributed by atoms with E-state index in [2.05, 4.69) is 5.32 Å². The molecule has 0 saturated carbocycles. The zero-order valence-electron chi connectivity index (χ0n) is 26.2. The quantitative estimate of drug-likeness (QED) is 0.256. The second-order valence-corrected chi connectivity index (χ2v) is 10.8. The molecule has 2 aromatic carbocycles. The first kappa shape index (κ1) is 32.3. The summed E-state index contributed by atoms with van der Waals surface area (Å²) in [5.74, 6) is 0.353. The van der Waals surface area contributed by atoms with E-state index in [1.54, 1.807) is 18.2 Å². The number of fused-ring (bicyclic) bond motifs is 1. The van der Waals surface area contributed by atoms with Crippen LogP contribution in [0, 0.1) is 5.82 Å². The number of carbonyl (C=O) groups is 2. The van der Waals surface area contributed by atoms with E-state index in [0.29, 0.717) is 42.5 Å². The Hall–Kier alpha value is -4.57. The lowest BCUT2D eigenvalue weighted by Gasteiger charge is -2.16. The van der Waals surface area contributed by atoms with Crippen LogP contribution in [-0.2, 0) is 27.9 Å². The van der Waals surface area contributed by atoms with Gasteiger partial charge in [0.1, 0.15) is 12.4 Å². The predicted octanol–water partition coefficient (Wildman–Crippen LogP) is 5.09. The third-order valence-corrected chi connectivity index (χ3v) is 7.46. The number of esters is 1. The molecule has 3 aromatic rings. The lowest BCUT2D eigenvalue weighted by Crippen LogP contribution is -2.23. The van der Waals surface area contributed by atoms with Crippen molar-refractivity contribution < 1.29 is 32.9 Å². The SMILES string of the molecule is COc1cc(/C=C2/C(C)=C(CC(=O)NCc3cccn3C)c3cc(F)ccc32)cc(OC)c1OCCC(=O)OCCN(C)C. The van der Waals surface area contributed by atoms with Crippen LogP contribution < -0.4 is 19.5 Å². The molecule has 234 valence electrons. The number of likely N-dealkylation sites (N-methyl/N-ethyl adjacent to an activating group) is 1. The van der Waals surface area contributed by atoms with E-state index in [0.717, 1.165) is 33.5 Å². The number of amides is 1. The highest BCUT2D eigenvalue weighted by molar-refractivity contribution is 6.08. The number of nitrogens with one attached hydrogen (secondary N) is 1. The molecule has 0 radical (unpaired) electrons. The molecule has 1 amide bonds. The number of methoxy groups -OCH3 is 2. The summed E-state index contributed by atoms with van der Waals surface area (Å²) in [6.45, 7) is 3.38. The fourth-order valence-corrected chi connectivity index (χ4v) is 5.02. The molecule has 0 bridgehead atoms. The highest BCUT2D eigenvalue weighted by Crippen LogP contribution is 2.45. The van der Waals surface area contributed by atoms with Crippen molar-refractivity contribution in [3.63, 3.8) is 0 Å². The van der Waals surface area contributed by atoms with E-state index in [-0.39, 0.29) is 37.1 Å². The van der Waals surface area contributed by atoms with E-state index in [9.17, 15) is 14.0 Å². The van der Waals surface area contributed by atoms with Crippen molar-refractivity contribution in [3.05, 3.63) is 82.4 Å². The monoisotopic (exact) mass is 605 g/mol. The van der Waals surface area contributed by atoms with Crippen molar-refractivity contribution in [1.82, 2.24) is 14.8 Å². The molecule has 10 heteroatoms. The zero-order valence-corrected chi connectivity index (χ0v) is 26.2. The first-order valence-corrected chi connectivity index (χ1v) is 14.4. The van der Waals surface area contributed by atoms with Crippen molar-refractivity contribution in [2.45, 2.75) is 26.3 Å². The summed E-state index contributed by atoms with van der Waals surface area (Å²) < 4.78 is 38.7. The van der Waals surface area contributed by atoms with Gasteiger partial charge in [0.25, 0.3) is 0 Å². The molecular weight excluding hydrogens is 565 g/mol. The number of hydrogen-bond acceptors (Lipinski definition) is 7. The van der Waals surface area contributed by atoms with E-state index in [1.165, 1.54) is 26.4 Å². The number of hydrogen-bond donors (Lipinski definition) is 1. The molecule has 9 nitrogen and oxygen atoms in total. The van der Waals surface area contributed by atoms with E-state index >= 15 is 0 Å². The molecule has 1 heterocycles. The van der Waals surface area contributed by atoms with Crippen LogP contribution in [0.15, 0.2) is 54.2 Å². The second kappa shape index (κ2) is 14.7. The first-order chi connectivity index (χ1) is 21.1. The van der Waals surface area contributed by atoms with Crippen LogP contribution in [0.2, 0.25) is 0 Å². The average molecular weight is 606 g/mol. The minimum absolute atomic E-state index is 0.0738. The molecular formula is C34H40FN3O6. The van der Waals surface area contributed by atoms with Crippen LogP contribution in [0.3, 0.4) is 0 Å². The van der Waals surface area contributed by atoms with Gasteiger partial charge >= 0.3 is 5.97 Å². The maximum Gasteiger partial charge on any atom is 0.309 e. The number of aryl methyl sites for hydroxylation is 1. The summed E-state index contributed by atoms with van der Waals surface area (Å²) in [6.07, 6.45) is 4.07. The van der Waals surface area contributed by atoms with Gasteiger partial charge in [-0.05, 0) is 96.9 Å².